The van der Waals surface area contributed by atoms with Gasteiger partial charge in [-0.1, -0.05) is 37.3 Å². The summed E-state index contributed by atoms with van der Waals surface area (Å²) in [7, 11) is 1.71. The molecule has 0 unspecified atom stereocenters. The Morgan fingerprint density at radius 2 is 2.00 bits per heavy atom. The summed E-state index contributed by atoms with van der Waals surface area (Å²) in [6.07, 6.45) is 4.17. The van der Waals surface area contributed by atoms with E-state index in [1.807, 2.05) is 12.1 Å². The van der Waals surface area contributed by atoms with Gasteiger partial charge in [0.05, 0.1) is 51.3 Å². The van der Waals surface area contributed by atoms with Gasteiger partial charge >= 0.3 is 0 Å². The Labute approximate surface area is 172 Å². The maximum absolute atomic E-state index is 6.71. The number of fused-ring (bicyclic) bond motifs is 4. The monoisotopic (exact) mass is 392 g/mol. The third kappa shape index (κ3) is 3.18. The smallest absolute Gasteiger partial charge is 0.208 e. The summed E-state index contributed by atoms with van der Waals surface area (Å²) in [5.41, 5.74) is 3.19. The number of para-hydroxylation sites is 1. The van der Waals surface area contributed by atoms with Crippen molar-refractivity contribution in [1.82, 2.24) is 5.01 Å². The summed E-state index contributed by atoms with van der Waals surface area (Å²) < 4.78 is 12.1. The molecular formula is C24H30N3O2+. The van der Waals surface area contributed by atoms with Crippen molar-refractivity contribution in [3.8, 4) is 11.5 Å². The van der Waals surface area contributed by atoms with E-state index in [0.717, 1.165) is 55.1 Å². The second kappa shape index (κ2) is 7.38. The van der Waals surface area contributed by atoms with Crippen LogP contribution in [0.1, 0.15) is 49.8 Å². The van der Waals surface area contributed by atoms with Crippen LogP contribution in [-0.2, 0) is 0 Å². The van der Waals surface area contributed by atoms with Gasteiger partial charge in [-0.15, -0.1) is 0 Å². The summed E-state index contributed by atoms with van der Waals surface area (Å²) in [5.74, 6) is 1.91. The Hall–Kier alpha value is -2.53. The fraction of sp³-hybridized carbons (Fsp3) is 0.458. The average molecular weight is 393 g/mol. The van der Waals surface area contributed by atoms with Crippen LogP contribution in [0, 0.1) is 0 Å². The molecule has 1 fully saturated rings. The molecule has 5 rings (SSSR count). The van der Waals surface area contributed by atoms with Gasteiger partial charge in [0.1, 0.15) is 11.5 Å². The Balaban J connectivity index is 1.51. The van der Waals surface area contributed by atoms with Gasteiger partial charge in [0, 0.05) is 17.5 Å². The van der Waals surface area contributed by atoms with Crippen LogP contribution in [-0.4, -0.2) is 43.2 Å². The van der Waals surface area contributed by atoms with Gasteiger partial charge in [0.2, 0.25) is 5.72 Å². The Morgan fingerprint density at radius 1 is 1.17 bits per heavy atom. The molecule has 3 aliphatic rings. The second-order valence-electron chi connectivity index (χ2n) is 8.43. The maximum atomic E-state index is 6.71. The molecule has 0 radical (unpaired) electrons. The van der Waals surface area contributed by atoms with Crippen molar-refractivity contribution in [3.05, 3.63) is 59.7 Å². The van der Waals surface area contributed by atoms with Gasteiger partial charge in [0.15, 0.2) is 0 Å². The van der Waals surface area contributed by atoms with Crippen LogP contribution in [0.25, 0.3) is 0 Å². The molecule has 1 N–H and O–H groups in total. The predicted molar refractivity (Wildman–Crippen MR) is 114 cm³/mol. The molecule has 29 heavy (non-hydrogen) atoms. The molecule has 2 aromatic carbocycles. The first-order valence-electron chi connectivity index (χ1n) is 10.9. The normalized spacial score (nSPS) is 27.8. The molecule has 1 saturated heterocycles. The van der Waals surface area contributed by atoms with E-state index in [0.29, 0.717) is 0 Å². The number of quaternary nitrogens is 1. The molecule has 1 spiro atoms. The number of likely N-dealkylation sites (tertiary alicyclic amines) is 1. The topological polar surface area (TPSA) is 38.5 Å². The Kier molecular flexibility index (Phi) is 4.70. The first kappa shape index (κ1) is 18.5. The number of methoxy groups -OCH3 is 1. The lowest BCUT2D eigenvalue weighted by Crippen LogP contribution is -3.14. The average Bonchev–Trinajstić information content (AvgIpc) is 3.23. The molecule has 152 valence electrons. The zero-order chi connectivity index (χ0) is 19.8. The van der Waals surface area contributed by atoms with E-state index in [2.05, 4.69) is 48.3 Å². The molecule has 0 saturated carbocycles. The lowest BCUT2D eigenvalue weighted by molar-refractivity contribution is -0.908. The van der Waals surface area contributed by atoms with Crippen molar-refractivity contribution in [1.29, 1.82) is 0 Å². The minimum absolute atomic E-state index is 0.244. The van der Waals surface area contributed by atoms with E-state index in [4.69, 9.17) is 14.6 Å². The minimum atomic E-state index is -0.323. The summed E-state index contributed by atoms with van der Waals surface area (Å²) in [5, 5.41) is 7.46. The van der Waals surface area contributed by atoms with Crippen LogP contribution < -0.4 is 14.4 Å². The van der Waals surface area contributed by atoms with Crippen LogP contribution >= 0.6 is 0 Å². The SMILES string of the molecule is CCC[NH+]1CCC2(CC1)Oc1ccccc1[C@H]1CC(c3cccc(OC)c3)=NN12. The number of hydrogen-bond donors (Lipinski definition) is 1. The number of nitrogens with one attached hydrogen (secondary N) is 1. The summed E-state index contributed by atoms with van der Waals surface area (Å²) >= 11 is 0. The van der Waals surface area contributed by atoms with Crippen LogP contribution in [0.3, 0.4) is 0 Å². The van der Waals surface area contributed by atoms with Gasteiger partial charge in [-0.2, -0.15) is 5.10 Å². The highest BCUT2D eigenvalue weighted by atomic mass is 16.5. The molecule has 0 aliphatic carbocycles. The summed E-state index contributed by atoms with van der Waals surface area (Å²) in [6, 6.07) is 17.0. The Bertz CT molecular complexity index is 918. The molecular weight excluding hydrogens is 362 g/mol. The van der Waals surface area contributed by atoms with Crippen LogP contribution in [0.5, 0.6) is 11.5 Å². The van der Waals surface area contributed by atoms with E-state index in [1.54, 1.807) is 12.0 Å². The second-order valence-corrected chi connectivity index (χ2v) is 8.43. The molecule has 0 amide bonds. The van der Waals surface area contributed by atoms with Gasteiger partial charge in [0.25, 0.3) is 0 Å². The zero-order valence-electron chi connectivity index (χ0n) is 17.4. The lowest BCUT2D eigenvalue weighted by atomic mass is 9.90. The first-order valence-corrected chi connectivity index (χ1v) is 10.9. The van der Waals surface area contributed by atoms with E-state index in [-0.39, 0.29) is 11.8 Å². The highest BCUT2D eigenvalue weighted by Gasteiger charge is 2.52. The molecule has 5 nitrogen and oxygen atoms in total. The van der Waals surface area contributed by atoms with Gasteiger partial charge in [-0.3, -0.25) is 0 Å². The number of nitrogens with zero attached hydrogens (tertiary/aromatic N) is 2. The fourth-order valence-electron chi connectivity index (χ4n) is 5.13. The third-order valence-corrected chi connectivity index (χ3v) is 6.65. The number of hydrazone groups is 1. The van der Waals surface area contributed by atoms with Crippen molar-refractivity contribution in [3.63, 3.8) is 0 Å². The van der Waals surface area contributed by atoms with Crippen molar-refractivity contribution in [2.24, 2.45) is 5.10 Å². The van der Waals surface area contributed by atoms with Crippen LogP contribution in [0.15, 0.2) is 53.6 Å². The van der Waals surface area contributed by atoms with Crippen molar-refractivity contribution in [2.75, 3.05) is 26.7 Å². The van der Waals surface area contributed by atoms with Crippen molar-refractivity contribution < 1.29 is 14.4 Å². The quantitative estimate of drug-likeness (QED) is 0.869. The number of hydrogen-bond acceptors (Lipinski definition) is 4. The molecule has 0 bridgehead atoms. The van der Waals surface area contributed by atoms with E-state index >= 15 is 0 Å². The standard InChI is InChI=1S/C24H29N3O2/c1-3-13-26-14-11-24(12-15-26)27-22(20-9-4-5-10-23(20)29-24)17-21(25-27)18-7-6-8-19(16-18)28-2/h4-10,16,22H,3,11-15,17H2,1-2H3/p+1/t22-/m1/s1. The zero-order valence-corrected chi connectivity index (χ0v) is 17.4. The predicted octanol–water partition coefficient (Wildman–Crippen LogP) is 3.02. The fourth-order valence-corrected chi connectivity index (χ4v) is 5.13. The minimum Gasteiger partial charge on any atom is -0.497 e. The molecule has 2 aromatic rings. The van der Waals surface area contributed by atoms with Crippen LogP contribution in [0.2, 0.25) is 0 Å². The lowest BCUT2D eigenvalue weighted by Gasteiger charge is -2.50. The molecule has 0 aromatic heterocycles. The summed E-state index contributed by atoms with van der Waals surface area (Å²) in [6.45, 7) is 5.80. The molecule has 3 heterocycles. The van der Waals surface area contributed by atoms with E-state index < -0.39 is 0 Å². The molecule has 1 atom stereocenters. The largest absolute Gasteiger partial charge is 0.497 e. The number of rotatable bonds is 4. The number of benzene rings is 2. The van der Waals surface area contributed by atoms with Crippen molar-refractivity contribution >= 4 is 5.71 Å². The van der Waals surface area contributed by atoms with Gasteiger partial charge < -0.3 is 14.4 Å². The van der Waals surface area contributed by atoms with Gasteiger partial charge in [-0.05, 0) is 24.6 Å². The first-order chi connectivity index (χ1) is 14.2. The highest BCUT2D eigenvalue weighted by molar-refractivity contribution is 6.02. The van der Waals surface area contributed by atoms with Gasteiger partial charge in [-0.25, -0.2) is 5.01 Å². The van der Waals surface area contributed by atoms with Crippen LogP contribution in [0.4, 0.5) is 0 Å². The van der Waals surface area contributed by atoms with E-state index in [1.165, 1.54) is 18.5 Å². The number of piperidine rings is 1. The Morgan fingerprint density at radius 3 is 2.79 bits per heavy atom. The third-order valence-electron chi connectivity index (χ3n) is 6.65. The molecule has 5 heteroatoms. The number of ether oxygens (including phenoxy) is 2. The summed E-state index contributed by atoms with van der Waals surface area (Å²) in [4.78, 5) is 1.69. The highest BCUT2D eigenvalue weighted by Crippen LogP contribution is 2.49. The van der Waals surface area contributed by atoms with Crippen molar-refractivity contribution in [2.45, 2.75) is 44.4 Å². The van der Waals surface area contributed by atoms with E-state index in [9.17, 15) is 0 Å². The molecule has 3 aliphatic heterocycles. The maximum Gasteiger partial charge on any atom is 0.208 e.